The molecule has 27 heavy (non-hydrogen) atoms. The first-order valence-electron chi connectivity index (χ1n) is 8.15. The van der Waals surface area contributed by atoms with Crippen LogP contribution in [-0.2, 0) is 0 Å². The molecule has 1 atom stereocenters. The van der Waals surface area contributed by atoms with Gasteiger partial charge in [-0.3, -0.25) is 4.98 Å². The smallest absolute Gasteiger partial charge is 0.177 e. The Bertz CT molecular complexity index is 1200. The first-order valence-corrected chi connectivity index (χ1v) is 8.15. The van der Waals surface area contributed by atoms with Gasteiger partial charge in [-0.2, -0.15) is 9.61 Å². The van der Waals surface area contributed by atoms with Crippen molar-refractivity contribution in [1.82, 2.24) is 24.8 Å². The van der Waals surface area contributed by atoms with Crippen molar-refractivity contribution in [3.05, 3.63) is 65.2 Å². The zero-order valence-corrected chi connectivity index (χ0v) is 14.4. The molecule has 4 aromatic rings. The van der Waals surface area contributed by atoms with Crippen molar-refractivity contribution < 1.29 is 14.0 Å². The van der Waals surface area contributed by atoms with Crippen molar-refractivity contribution in [3.8, 4) is 0 Å². The lowest BCUT2D eigenvalue weighted by Crippen LogP contribution is -2.11. The fraction of sp³-hybridized carbons (Fsp3) is 0.167. The first kappa shape index (κ1) is 17.0. The summed E-state index contributed by atoms with van der Waals surface area (Å²) in [5.41, 5.74) is 1.20. The van der Waals surface area contributed by atoms with Gasteiger partial charge in [0.25, 0.3) is 0 Å². The molecular formula is C18H14F2N6O. The Morgan fingerprint density at radius 1 is 1.22 bits per heavy atom. The van der Waals surface area contributed by atoms with Gasteiger partial charge in [-0.1, -0.05) is 12.1 Å². The lowest BCUT2D eigenvalue weighted by Gasteiger charge is -2.14. The summed E-state index contributed by atoms with van der Waals surface area (Å²) in [5.74, 6) is -1.91. The third kappa shape index (κ3) is 2.67. The van der Waals surface area contributed by atoms with Crippen LogP contribution in [0, 0.1) is 11.6 Å². The zero-order valence-electron chi connectivity index (χ0n) is 14.4. The molecule has 0 aliphatic heterocycles. The second-order valence-corrected chi connectivity index (χ2v) is 6.11. The molecule has 3 aromatic heterocycles. The van der Waals surface area contributed by atoms with Gasteiger partial charge >= 0.3 is 0 Å². The quantitative estimate of drug-likeness (QED) is 0.340. The van der Waals surface area contributed by atoms with Gasteiger partial charge in [-0.15, -0.1) is 10.2 Å². The van der Waals surface area contributed by atoms with E-state index in [1.807, 2.05) is 0 Å². The van der Waals surface area contributed by atoms with Crippen molar-refractivity contribution in [1.29, 1.82) is 0 Å². The van der Waals surface area contributed by atoms with Crippen molar-refractivity contribution >= 4 is 22.3 Å². The maximum Gasteiger partial charge on any atom is 0.177 e. The molecule has 0 saturated carbocycles. The largest absolute Gasteiger partial charge is 0.411 e. The lowest BCUT2D eigenvalue weighted by atomic mass is 9.97. The van der Waals surface area contributed by atoms with Crippen LogP contribution in [0.5, 0.6) is 0 Å². The second-order valence-electron chi connectivity index (χ2n) is 6.11. The molecule has 7 nitrogen and oxygen atoms in total. The zero-order chi connectivity index (χ0) is 19.1. The van der Waals surface area contributed by atoms with E-state index >= 15 is 4.39 Å². The van der Waals surface area contributed by atoms with E-state index < -0.39 is 17.6 Å². The number of halogens is 2. The molecule has 0 amide bonds. The fourth-order valence-electron chi connectivity index (χ4n) is 3.01. The van der Waals surface area contributed by atoms with Crippen LogP contribution in [0.2, 0.25) is 0 Å². The molecular weight excluding hydrogens is 354 g/mol. The van der Waals surface area contributed by atoms with Crippen LogP contribution in [-0.4, -0.2) is 35.7 Å². The molecule has 0 fully saturated rings. The number of benzene rings is 1. The van der Waals surface area contributed by atoms with E-state index in [4.69, 9.17) is 5.21 Å². The third-order valence-electron chi connectivity index (χ3n) is 4.46. The van der Waals surface area contributed by atoms with Crippen LogP contribution >= 0.6 is 0 Å². The number of hydrogen-bond acceptors (Lipinski definition) is 6. The maximum atomic E-state index is 15.0. The Morgan fingerprint density at radius 2 is 2.04 bits per heavy atom. The summed E-state index contributed by atoms with van der Waals surface area (Å²) in [6, 6.07) is 7.60. The molecule has 3 heterocycles. The third-order valence-corrected chi connectivity index (χ3v) is 4.46. The summed E-state index contributed by atoms with van der Waals surface area (Å²) in [7, 11) is 0. The van der Waals surface area contributed by atoms with E-state index in [2.05, 4.69) is 25.4 Å². The second kappa shape index (κ2) is 6.35. The number of rotatable bonds is 3. The Balaban J connectivity index is 1.91. The molecule has 0 bridgehead atoms. The van der Waals surface area contributed by atoms with Crippen molar-refractivity contribution in [2.75, 3.05) is 0 Å². The summed E-state index contributed by atoms with van der Waals surface area (Å²) in [6.45, 7) is 3.21. The van der Waals surface area contributed by atoms with Gasteiger partial charge in [0.05, 0.1) is 5.52 Å². The Hall–Kier alpha value is -3.49. The average Bonchev–Trinajstić information content (AvgIpc) is 3.10. The minimum Gasteiger partial charge on any atom is -0.411 e. The topological polar surface area (TPSA) is 88.6 Å². The highest BCUT2D eigenvalue weighted by Crippen LogP contribution is 2.31. The molecule has 0 saturated heterocycles. The molecule has 0 spiro atoms. The molecule has 1 aromatic carbocycles. The molecule has 9 heteroatoms. The van der Waals surface area contributed by atoms with E-state index in [0.717, 1.165) is 0 Å². The summed E-state index contributed by atoms with van der Waals surface area (Å²) >= 11 is 0. The van der Waals surface area contributed by atoms with Gasteiger partial charge in [0, 0.05) is 29.1 Å². The number of hydrogen-bond donors (Lipinski definition) is 1. The Morgan fingerprint density at radius 3 is 2.81 bits per heavy atom. The minimum absolute atomic E-state index is 0.135. The fourth-order valence-corrected chi connectivity index (χ4v) is 3.01. The van der Waals surface area contributed by atoms with Crippen molar-refractivity contribution in [3.63, 3.8) is 0 Å². The molecule has 1 unspecified atom stereocenters. The van der Waals surface area contributed by atoms with Gasteiger partial charge in [0.1, 0.15) is 23.0 Å². The van der Waals surface area contributed by atoms with Crippen LogP contribution in [0.15, 0.2) is 41.7 Å². The molecule has 0 aliphatic rings. The molecule has 136 valence electrons. The van der Waals surface area contributed by atoms with E-state index in [-0.39, 0.29) is 22.3 Å². The van der Waals surface area contributed by atoms with E-state index in [9.17, 15) is 4.39 Å². The summed E-state index contributed by atoms with van der Waals surface area (Å²) in [5, 5.41) is 24.7. The van der Waals surface area contributed by atoms with Crippen molar-refractivity contribution in [2.45, 2.75) is 19.8 Å². The number of oxime groups is 1. The molecule has 0 aliphatic carbocycles. The summed E-state index contributed by atoms with van der Waals surface area (Å²) in [6.07, 6.45) is 1.48. The van der Waals surface area contributed by atoms with E-state index in [1.54, 1.807) is 38.1 Å². The highest BCUT2D eigenvalue weighted by atomic mass is 19.1. The molecule has 1 N–H and O–H groups in total. The average molecular weight is 368 g/mol. The van der Waals surface area contributed by atoms with Crippen LogP contribution < -0.4 is 0 Å². The van der Waals surface area contributed by atoms with Crippen LogP contribution in [0.25, 0.3) is 16.6 Å². The molecule has 4 rings (SSSR count). The van der Waals surface area contributed by atoms with Gasteiger partial charge in [0.2, 0.25) is 0 Å². The summed E-state index contributed by atoms with van der Waals surface area (Å²) < 4.78 is 31.1. The van der Waals surface area contributed by atoms with Crippen LogP contribution in [0.4, 0.5) is 8.78 Å². The van der Waals surface area contributed by atoms with Crippen molar-refractivity contribution in [2.24, 2.45) is 5.16 Å². The Labute approximate surface area is 152 Å². The van der Waals surface area contributed by atoms with Gasteiger partial charge in [-0.25, -0.2) is 8.78 Å². The normalized spacial score (nSPS) is 13.4. The van der Waals surface area contributed by atoms with Crippen LogP contribution in [0.3, 0.4) is 0 Å². The highest BCUT2D eigenvalue weighted by Gasteiger charge is 2.25. The predicted octanol–water partition coefficient (Wildman–Crippen LogP) is 3.30. The molecule has 0 radical (unpaired) electrons. The number of fused-ring (bicyclic) bond motifs is 2. The van der Waals surface area contributed by atoms with E-state index in [0.29, 0.717) is 17.1 Å². The summed E-state index contributed by atoms with van der Waals surface area (Å²) in [4.78, 5) is 3.99. The SMILES string of the molecule is CC(=NO)c1ccc2nnc(C(C)c3c(F)cc4ncccc4c3F)n2n1. The number of pyridine rings is 1. The monoisotopic (exact) mass is 368 g/mol. The maximum absolute atomic E-state index is 15.0. The predicted molar refractivity (Wildman–Crippen MR) is 94.0 cm³/mol. The van der Waals surface area contributed by atoms with Gasteiger partial charge < -0.3 is 5.21 Å². The van der Waals surface area contributed by atoms with E-state index in [1.165, 1.54) is 16.8 Å². The Kier molecular flexibility index (Phi) is 3.98. The first-order chi connectivity index (χ1) is 13.0. The standard InChI is InChI=1S/C18H14F2N6O/c1-9(16-12(19)8-14-11(17(16)20)4-3-7-21-14)18-23-22-15-6-5-13(10(2)25-27)24-26(15)18/h3-9,27H,1-2H3. The lowest BCUT2D eigenvalue weighted by molar-refractivity contribution is 0.319. The highest BCUT2D eigenvalue weighted by molar-refractivity contribution is 5.96. The van der Waals surface area contributed by atoms with Gasteiger partial charge in [-0.05, 0) is 31.2 Å². The minimum atomic E-state index is -0.765. The number of nitrogens with zero attached hydrogens (tertiary/aromatic N) is 6. The number of aromatic nitrogens is 5. The van der Waals surface area contributed by atoms with Gasteiger partial charge in [0.15, 0.2) is 11.5 Å². The van der Waals surface area contributed by atoms with Crippen LogP contribution in [0.1, 0.15) is 36.8 Å².